The van der Waals surface area contributed by atoms with Gasteiger partial charge in [0.05, 0.1) is 11.3 Å². The van der Waals surface area contributed by atoms with Gasteiger partial charge in [0.25, 0.3) is 11.8 Å². The quantitative estimate of drug-likeness (QED) is 0.768. The van der Waals surface area contributed by atoms with Crippen LogP contribution in [-0.2, 0) is 6.42 Å². The van der Waals surface area contributed by atoms with Crippen LogP contribution in [0.2, 0.25) is 0 Å². The van der Waals surface area contributed by atoms with Gasteiger partial charge < -0.3 is 10.2 Å². The van der Waals surface area contributed by atoms with Crippen LogP contribution in [0.15, 0.2) is 66.9 Å². The fourth-order valence-electron chi connectivity index (χ4n) is 3.27. The Morgan fingerprint density at radius 3 is 2.71 bits per heavy atom. The van der Waals surface area contributed by atoms with E-state index in [1.165, 1.54) is 12.3 Å². The van der Waals surface area contributed by atoms with Crippen molar-refractivity contribution in [2.45, 2.75) is 6.42 Å². The van der Waals surface area contributed by atoms with E-state index in [4.69, 9.17) is 5.26 Å². The van der Waals surface area contributed by atoms with Crippen LogP contribution < -0.4 is 10.2 Å². The topological polar surface area (TPSA) is 86.1 Å². The Bertz CT molecular complexity index is 1120. The number of nitrogens with one attached hydrogen (secondary N) is 1. The molecule has 6 nitrogen and oxygen atoms in total. The van der Waals surface area contributed by atoms with Gasteiger partial charge in [0.2, 0.25) is 0 Å². The summed E-state index contributed by atoms with van der Waals surface area (Å²) >= 11 is 0. The lowest BCUT2D eigenvalue weighted by molar-refractivity contribution is 0.0989. The van der Waals surface area contributed by atoms with Gasteiger partial charge in [-0.25, -0.2) is 0 Å². The number of hydrogen-bond acceptors (Lipinski definition) is 4. The number of pyridine rings is 1. The minimum atomic E-state index is -0.473. The van der Waals surface area contributed by atoms with E-state index in [2.05, 4.69) is 10.3 Å². The predicted molar refractivity (Wildman–Crippen MR) is 105 cm³/mol. The summed E-state index contributed by atoms with van der Waals surface area (Å²) in [7, 11) is 0. The van der Waals surface area contributed by atoms with Gasteiger partial charge in [0.1, 0.15) is 11.8 Å². The molecule has 28 heavy (non-hydrogen) atoms. The first-order chi connectivity index (χ1) is 13.7. The van der Waals surface area contributed by atoms with Crippen molar-refractivity contribution in [3.05, 3.63) is 89.2 Å². The Labute approximate surface area is 162 Å². The molecule has 2 amide bonds. The van der Waals surface area contributed by atoms with Crippen molar-refractivity contribution in [3.8, 4) is 6.07 Å². The van der Waals surface area contributed by atoms with Gasteiger partial charge in [-0.1, -0.05) is 30.3 Å². The number of anilines is 2. The highest BCUT2D eigenvalue weighted by Crippen LogP contribution is 2.28. The number of hydrogen-bond donors (Lipinski definition) is 1. The molecule has 0 bridgehead atoms. The van der Waals surface area contributed by atoms with Gasteiger partial charge in [0, 0.05) is 24.0 Å². The summed E-state index contributed by atoms with van der Waals surface area (Å²) in [5.41, 5.74) is 3.31. The third kappa shape index (κ3) is 3.21. The van der Waals surface area contributed by atoms with E-state index in [-0.39, 0.29) is 11.6 Å². The average molecular weight is 368 g/mol. The van der Waals surface area contributed by atoms with E-state index in [0.29, 0.717) is 23.4 Å². The van der Waals surface area contributed by atoms with Crippen molar-refractivity contribution in [1.29, 1.82) is 5.26 Å². The van der Waals surface area contributed by atoms with Crippen LogP contribution in [0.3, 0.4) is 0 Å². The van der Waals surface area contributed by atoms with E-state index in [9.17, 15) is 9.59 Å². The molecule has 136 valence electrons. The molecular weight excluding hydrogens is 352 g/mol. The molecule has 4 rings (SSSR count). The molecule has 1 aliphatic rings. The number of amides is 2. The molecule has 0 spiro atoms. The number of para-hydroxylation sites is 2. The number of benzene rings is 2. The lowest BCUT2D eigenvalue weighted by atomic mass is 10.1. The van der Waals surface area contributed by atoms with Gasteiger partial charge in [-0.05, 0) is 42.3 Å². The normalized spacial score (nSPS) is 12.2. The first-order valence-electron chi connectivity index (χ1n) is 8.83. The molecule has 0 fully saturated rings. The van der Waals surface area contributed by atoms with E-state index < -0.39 is 5.91 Å². The van der Waals surface area contributed by atoms with E-state index in [1.807, 2.05) is 30.3 Å². The van der Waals surface area contributed by atoms with Crippen molar-refractivity contribution in [1.82, 2.24) is 4.98 Å². The first-order valence-corrected chi connectivity index (χ1v) is 8.83. The predicted octanol–water partition coefficient (Wildman–Crippen LogP) is 3.41. The summed E-state index contributed by atoms with van der Waals surface area (Å²) < 4.78 is 0. The smallest absolute Gasteiger partial charge is 0.274 e. The van der Waals surface area contributed by atoms with Gasteiger partial charge >= 0.3 is 0 Å². The molecule has 3 aromatic rings. The zero-order valence-electron chi connectivity index (χ0n) is 14.9. The van der Waals surface area contributed by atoms with Crippen LogP contribution in [0, 0.1) is 11.3 Å². The highest BCUT2D eigenvalue weighted by atomic mass is 16.2. The second-order valence-electron chi connectivity index (χ2n) is 6.38. The van der Waals surface area contributed by atoms with Crippen molar-refractivity contribution >= 4 is 23.2 Å². The molecule has 0 atom stereocenters. The van der Waals surface area contributed by atoms with Gasteiger partial charge in [0.15, 0.2) is 0 Å². The maximum atomic E-state index is 13.0. The molecule has 0 unspecified atom stereocenters. The molecule has 1 aliphatic heterocycles. The maximum absolute atomic E-state index is 13.0. The third-order valence-electron chi connectivity index (χ3n) is 4.67. The highest BCUT2D eigenvalue weighted by molar-refractivity contribution is 6.09. The number of aromatic nitrogens is 1. The number of fused-ring (bicyclic) bond motifs is 1. The molecule has 6 heteroatoms. The Morgan fingerprint density at radius 1 is 1.07 bits per heavy atom. The lowest BCUT2D eigenvalue weighted by Gasteiger charge is -2.17. The van der Waals surface area contributed by atoms with Crippen molar-refractivity contribution in [2.24, 2.45) is 0 Å². The van der Waals surface area contributed by atoms with Crippen LogP contribution >= 0.6 is 0 Å². The number of carbonyl (C=O) groups is 2. The molecule has 0 saturated carbocycles. The zero-order chi connectivity index (χ0) is 19.5. The van der Waals surface area contributed by atoms with Crippen LogP contribution in [0.4, 0.5) is 11.4 Å². The Kier molecular flexibility index (Phi) is 4.56. The number of nitrogens with zero attached hydrogens (tertiary/aromatic N) is 3. The van der Waals surface area contributed by atoms with Crippen LogP contribution in [0.1, 0.15) is 32.0 Å². The number of rotatable bonds is 3. The average Bonchev–Trinajstić information content (AvgIpc) is 3.18. The second-order valence-corrected chi connectivity index (χ2v) is 6.38. The summed E-state index contributed by atoms with van der Waals surface area (Å²) in [6.07, 6.45) is 2.26. The Balaban J connectivity index is 1.57. The molecule has 1 aromatic heterocycles. The monoisotopic (exact) mass is 368 g/mol. The van der Waals surface area contributed by atoms with E-state index in [0.717, 1.165) is 17.7 Å². The van der Waals surface area contributed by atoms with E-state index in [1.54, 1.807) is 35.2 Å². The van der Waals surface area contributed by atoms with Gasteiger partial charge in [-0.2, -0.15) is 5.26 Å². The maximum Gasteiger partial charge on any atom is 0.274 e. The molecule has 2 heterocycles. The highest BCUT2D eigenvalue weighted by Gasteiger charge is 2.25. The fraction of sp³-hybridized carbons (Fsp3) is 0.0909. The second kappa shape index (κ2) is 7.33. The minimum Gasteiger partial charge on any atom is -0.319 e. The minimum absolute atomic E-state index is 0.117. The van der Waals surface area contributed by atoms with Crippen molar-refractivity contribution in [3.63, 3.8) is 0 Å². The Hall–Kier alpha value is -3.98. The number of carbonyl (C=O) groups excluding carboxylic acids is 2. The van der Waals surface area contributed by atoms with Crippen LogP contribution in [0.25, 0.3) is 0 Å². The lowest BCUT2D eigenvalue weighted by Crippen LogP contribution is -2.29. The van der Waals surface area contributed by atoms with Crippen molar-refractivity contribution < 1.29 is 9.59 Å². The SMILES string of the molecule is N#Cc1ccccc1NC(=O)c1cc(C(=O)N2CCc3ccccc32)ccn1. The molecular formula is C22H16N4O2. The van der Waals surface area contributed by atoms with Crippen molar-refractivity contribution in [2.75, 3.05) is 16.8 Å². The number of nitriles is 1. The molecule has 0 radical (unpaired) electrons. The summed E-state index contributed by atoms with van der Waals surface area (Å²) in [6.45, 7) is 0.609. The zero-order valence-corrected chi connectivity index (χ0v) is 14.9. The van der Waals surface area contributed by atoms with E-state index >= 15 is 0 Å². The van der Waals surface area contributed by atoms with Crippen LogP contribution in [-0.4, -0.2) is 23.3 Å². The van der Waals surface area contributed by atoms with Gasteiger partial charge in [-0.3, -0.25) is 14.6 Å². The Morgan fingerprint density at radius 2 is 1.86 bits per heavy atom. The van der Waals surface area contributed by atoms with Gasteiger partial charge in [-0.15, -0.1) is 0 Å². The van der Waals surface area contributed by atoms with Crippen LogP contribution in [0.5, 0.6) is 0 Å². The fourth-order valence-corrected chi connectivity index (χ4v) is 3.27. The summed E-state index contributed by atoms with van der Waals surface area (Å²) in [4.78, 5) is 31.3. The first kappa shape index (κ1) is 17.4. The summed E-state index contributed by atoms with van der Waals surface area (Å²) in [5.74, 6) is -0.641. The summed E-state index contributed by atoms with van der Waals surface area (Å²) in [5, 5.41) is 11.8. The third-order valence-corrected chi connectivity index (χ3v) is 4.67. The summed E-state index contributed by atoms with van der Waals surface area (Å²) in [6, 6.07) is 19.6. The molecule has 0 saturated heterocycles. The largest absolute Gasteiger partial charge is 0.319 e. The molecule has 1 N–H and O–H groups in total. The molecule has 0 aliphatic carbocycles. The molecule has 2 aromatic carbocycles. The standard InChI is InChI=1S/C22H16N4O2/c23-14-17-6-1-3-7-18(17)25-21(27)19-13-16(9-11-24-19)22(28)26-12-10-15-5-2-4-8-20(15)26/h1-9,11,13H,10,12H2,(H,25,27).